The van der Waals surface area contributed by atoms with E-state index in [1.165, 1.54) is 4.88 Å². The summed E-state index contributed by atoms with van der Waals surface area (Å²) < 4.78 is 5.28. The summed E-state index contributed by atoms with van der Waals surface area (Å²) in [6.45, 7) is 8.49. The van der Waals surface area contributed by atoms with Crippen LogP contribution in [-0.4, -0.2) is 29.0 Å². The first-order valence-electron chi connectivity index (χ1n) is 9.83. The largest absolute Gasteiger partial charge is 0.467 e. The highest BCUT2D eigenvalue weighted by Crippen LogP contribution is 2.34. The highest BCUT2D eigenvalue weighted by Gasteiger charge is 2.27. The molecule has 1 fully saturated rings. The first-order valence-corrected chi connectivity index (χ1v) is 10.7. The van der Waals surface area contributed by atoms with Crippen LogP contribution in [0.3, 0.4) is 0 Å². The first kappa shape index (κ1) is 18.9. The fraction of sp³-hybridized carbons (Fsp3) is 0.476. The lowest BCUT2D eigenvalue weighted by Crippen LogP contribution is -2.40. The van der Waals surface area contributed by atoms with E-state index < -0.39 is 0 Å². The molecule has 0 radical (unpaired) electrons. The van der Waals surface area contributed by atoms with E-state index in [2.05, 4.69) is 36.4 Å². The maximum Gasteiger partial charge on any atom is 0.223 e. The zero-order valence-electron chi connectivity index (χ0n) is 16.6. The Labute approximate surface area is 169 Å². The van der Waals surface area contributed by atoms with Crippen molar-refractivity contribution in [3.63, 3.8) is 0 Å². The second-order valence-corrected chi connectivity index (χ2v) is 8.75. The summed E-state index contributed by atoms with van der Waals surface area (Å²) in [5.41, 5.74) is 1.04. The fourth-order valence-corrected chi connectivity index (χ4v) is 4.45. The molecule has 28 heavy (non-hydrogen) atoms. The molecule has 1 saturated heterocycles. The van der Waals surface area contributed by atoms with Crippen molar-refractivity contribution in [3.05, 3.63) is 40.2 Å². The highest BCUT2D eigenvalue weighted by molar-refractivity contribution is 7.11. The van der Waals surface area contributed by atoms with E-state index in [-0.39, 0.29) is 17.7 Å². The molecule has 1 aliphatic heterocycles. The molecular weight excluding hydrogens is 372 g/mol. The maximum absolute atomic E-state index is 12.5. The quantitative estimate of drug-likeness (QED) is 0.696. The lowest BCUT2D eigenvalue weighted by atomic mass is 9.95. The van der Waals surface area contributed by atoms with Crippen LogP contribution in [0.5, 0.6) is 0 Å². The lowest BCUT2D eigenvalue weighted by Gasteiger charge is -2.33. The van der Waals surface area contributed by atoms with Crippen molar-refractivity contribution in [1.29, 1.82) is 0 Å². The van der Waals surface area contributed by atoms with Gasteiger partial charge in [0.2, 0.25) is 5.91 Å². The van der Waals surface area contributed by atoms with Crippen molar-refractivity contribution in [2.45, 2.75) is 46.1 Å². The van der Waals surface area contributed by atoms with Gasteiger partial charge in [0, 0.05) is 35.2 Å². The van der Waals surface area contributed by atoms with E-state index >= 15 is 0 Å². The van der Waals surface area contributed by atoms with Crippen molar-refractivity contribution in [1.82, 2.24) is 15.3 Å². The molecule has 3 aromatic heterocycles. The van der Waals surface area contributed by atoms with Gasteiger partial charge in [-0.25, -0.2) is 9.97 Å². The van der Waals surface area contributed by atoms with E-state index in [0.29, 0.717) is 6.54 Å². The number of thiophene rings is 1. The maximum atomic E-state index is 12.5. The third kappa shape index (κ3) is 3.76. The van der Waals surface area contributed by atoms with Crippen LogP contribution in [-0.2, 0) is 11.3 Å². The number of hydrogen-bond donors (Lipinski definition) is 1. The Hall–Kier alpha value is -2.41. The predicted molar refractivity (Wildman–Crippen MR) is 112 cm³/mol. The number of nitrogens with one attached hydrogen (secondary N) is 1. The zero-order chi connectivity index (χ0) is 19.7. The van der Waals surface area contributed by atoms with Crippen LogP contribution in [0.1, 0.15) is 49.1 Å². The van der Waals surface area contributed by atoms with E-state index in [0.717, 1.165) is 54.2 Å². The van der Waals surface area contributed by atoms with Crippen LogP contribution in [0.15, 0.2) is 28.2 Å². The van der Waals surface area contributed by atoms with Gasteiger partial charge in [0.05, 0.1) is 23.7 Å². The molecule has 7 heteroatoms. The number of aryl methyl sites for hydroxylation is 1. The average Bonchev–Trinajstić information content (AvgIpc) is 3.35. The molecule has 4 heterocycles. The molecule has 148 valence electrons. The number of furan rings is 1. The molecule has 0 unspecified atom stereocenters. The average molecular weight is 399 g/mol. The van der Waals surface area contributed by atoms with Gasteiger partial charge in [-0.2, -0.15) is 0 Å². The molecule has 4 rings (SSSR count). The number of carbonyl (C=O) groups excluding carboxylic acids is 1. The van der Waals surface area contributed by atoms with E-state index in [4.69, 9.17) is 14.4 Å². The number of anilines is 1. The minimum atomic E-state index is 0.0386. The first-order chi connectivity index (χ1) is 13.5. The second-order valence-electron chi connectivity index (χ2n) is 7.67. The molecule has 3 aromatic rings. The molecule has 1 N–H and O–H groups in total. The van der Waals surface area contributed by atoms with Gasteiger partial charge in [-0.05, 0) is 31.9 Å². The lowest BCUT2D eigenvalue weighted by molar-refractivity contribution is -0.125. The Morgan fingerprint density at radius 2 is 2.14 bits per heavy atom. The monoisotopic (exact) mass is 398 g/mol. The van der Waals surface area contributed by atoms with Crippen molar-refractivity contribution in [2.24, 2.45) is 5.92 Å². The molecule has 6 nitrogen and oxygen atoms in total. The summed E-state index contributed by atoms with van der Waals surface area (Å²) in [6, 6.07) is 3.71. The van der Waals surface area contributed by atoms with Crippen LogP contribution < -0.4 is 10.2 Å². The van der Waals surface area contributed by atoms with Crippen molar-refractivity contribution >= 4 is 34.0 Å². The molecule has 0 bridgehead atoms. The Morgan fingerprint density at radius 3 is 2.82 bits per heavy atom. The van der Waals surface area contributed by atoms with E-state index in [9.17, 15) is 4.79 Å². The third-order valence-corrected chi connectivity index (χ3v) is 6.23. The summed E-state index contributed by atoms with van der Waals surface area (Å²) in [5, 5.41) is 6.28. The Morgan fingerprint density at radius 1 is 1.36 bits per heavy atom. The van der Waals surface area contributed by atoms with Gasteiger partial charge < -0.3 is 14.6 Å². The highest BCUT2D eigenvalue weighted by atomic mass is 32.1. The van der Waals surface area contributed by atoms with Crippen molar-refractivity contribution < 1.29 is 9.21 Å². The number of fused-ring (bicyclic) bond motifs is 1. The molecular formula is C21H26N4O2S. The number of nitrogens with zero attached hydrogens (tertiary/aromatic N) is 3. The number of aromatic nitrogens is 2. The third-order valence-electron chi connectivity index (χ3n) is 5.33. The van der Waals surface area contributed by atoms with Crippen LogP contribution in [0, 0.1) is 12.8 Å². The molecule has 1 amide bonds. The van der Waals surface area contributed by atoms with Crippen LogP contribution >= 0.6 is 11.3 Å². The minimum absolute atomic E-state index is 0.0386. The Balaban J connectivity index is 1.46. The van der Waals surface area contributed by atoms with Gasteiger partial charge in [-0.15, -0.1) is 11.3 Å². The topological polar surface area (TPSA) is 71.3 Å². The van der Waals surface area contributed by atoms with Crippen molar-refractivity contribution in [2.75, 3.05) is 18.0 Å². The molecule has 1 aliphatic rings. The normalized spacial score (nSPS) is 15.5. The van der Waals surface area contributed by atoms with Gasteiger partial charge in [0.15, 0.2) is 0 Å². The summed E-state index contributed by atoms with van der Waals surface area (Å²) in [6.07, 6.45) is 3.28. The number of piperidine rings is 1. The summed E-state index contributed by atoms with van der Waals surface area (Å²) in [7, 11) is 0. The van der Waals surface area contributed by atoms with Gasteiger partial charge in [0.1, 0.15) is 17.4 Å². The molecule has 0 aliphatic carbocycles. The second kappa shape index (κ2) is 7.91. The van der Waals surface area contributed by atoms with Gasteiger partial charge in [-0.3, -0.25) is 4.79 Å². The zero-order valence-corrected chi connectivity index (χ0v) is 17.4. The van der Waals surface area contributed by atoms with E-state index in [1.54, 1.807) is 17.6 Å². The number of carbonyl (C=O) groups is 1. The van der Waals surface area contributed by atoms with Gasteiger partial charge in [0.25, 0.3) is 0 Å². The molecule has 0 atom stereocenters. The van der Waals surface area contributed by atoms with Crippen LogP contribution in [0.4, 0.5) is 5.82 Å². The van der Waals surface area contributed by atoms with Crippen LogP contribution in [0.25, 0.3) is 10.9 Å². The Bertz CT molecular complexity index is 956. The standard InChI is InChI=1S/C21H26N4O2S/c1-13(2)19-23-17-12-28-14(3)18(17)20(24-19)25-8-6-15(7-9-25)21(26)22-11-16-5-4-10-27-16/h4-5,10,12-13,15H,6-9,11H2,1-3H3,(H,22,26). The summed E-state index contributed by atoms with van der Waals surface area (Å²) in [5.74, 6) is 3.13. The smallest absolute Gasteiger partial charge is 0.223 e. The summed E-state index contributed by atoms with van der Waals surface area (Å²) in [4.78, 5) is 25.7. The molecule has 0 saturated carbocycles. The SMILES string of the molecule is Cc1scc2nc(C(C)C)nc(N3CCC(C(=O)NCc4ccco4)CC3)c12. The number of amides is 1. The van der Waals surface area contributed by atoms with E-state index in [1.807, 2.05) is 12.1 Å². The molecule has 0 aromatic carbocycles. The van der Waals surface area contributed by atoms with Gasteiger partial charge in [-0.1, -0.05) is 13.8 Å². The van der Waals surface area contributed by atoms with Crippen molar-refractivity contribution in [3.8, 4) is 0 Å². The minimum Gasteiger partial charge on any atom is -0.467 e. The number of rotatable bonds is 5. The molecule has 0 spiro atoms. The predicted octanol–water partition coefficient (Wildman–Crippen LogP) is 4.25. The summed E-state index contributed by atoms with van der Waals surface area (Å²) >= 11 is 1.72. The fourth-order valence-electron chi connectivity index (χ4n) is 3.68. The number of hydrogen-bond acceptors (Lipinski definition) is 6. The van der Waals surface area contributed by atoms with Crippen LogP contribution in [0.2, 0.25) is 0 Å². The van der Waals surface area contributed by atoms with Gasteiger partial charge >= 0.3 is 0 Å². The Kier molecular flexibility index (Phi) is 5.35.